The molecule has 0 fully saturated rings. The van der Waals surface area contributed by atoms with Crippen LogP contribution >= 0.6 is 0 Å². The fourth-order valence-corrected chi connectivity index (χ4v) is 19.9. The molecule has 0 amide bonds. The predicted octanol–water partition coefficient (Wildman–Crippen LogP) is 24.9. The number of nitrogens with zero attached hydrogens (tertiary/aromatic N) is 6. The number of para-hydroxylation sites is 6. The Morgan fingerprint density at radius 3 is 1.32 bits per heavy atom. The molecule has 2 aliphatic rings. The van der Waals surface area contributed by atoms with Crippen molar-refractivity contribution in [3.8, 4) is 44.9 Å². The van der Waals surface area contributed by atoms with Gasteiger partial charge in [0.2, 0.25) is 0 Å². The van der Waals surface area contributed by atoms with Crippen LogP contribution in [0.5, 0.6) is 0 Å². The monoisotopic (exact) mass is 1380 g/mol. The Balaban J connectivity index is 0.921. The van der Waals surface area contributed by atoms with E-state index in [2.05, 4.69) is 400 Å². The first-order valence-electron chi connectivity index (χ1n) is 37.9. The minimum Gasteiger partial charge on any atom is -0.350 e. The number of fused-ring (bicyclic) bond motifs is 26. The molecule has 24 rings (SSSR count). The van der Waals surface area contributed by atoms with Gasteiger partial charge < -0.3 is 28.1 Å². The fourth-order valence-electron chi connectivity index (χ4n) is 19.9. The standard InChI is InChI=1S/C102H65BN6/c1-104-61-86(78-42-24-26-46-90(78)104)77-49-47-63(93-54-62-27-15-25-45-89(62)105(93)2)53-82(77)64-55-94-100-95(56-64)109-92-52-50-81-75-40-18-16-36-71(75)73-38-20-22-43-79(73)96(81)98(92)99-97-80-44-23-21-39-74(80)72-37-17-19-41-76(72)84(97)60-88(102(99)109)103(100)87-59-70(107(67-32-11-5-12-33-67)68-34-13-6-14-35-68)58-85-83-57-69(48-51-91(83)108(94)101(85)87)106(65-28-7-3-8-29-65)66-30-9-4-10-31-66/h3-61H,1-2H3. The highest BCUT2D eigenvalue weighted by Gasteiger charge is 2.44. The summed E-state index contributed by atoms with van der Waals surface area (Å²) in [5.41, 5.74) is 26.8. The number of aromatic nitrogens is 4. The van der Waals surface area contributed by atoms with E-state index in [9.17, 15) is 0 Å². The Kier molecular flexibility index (Phi) is 12.5. The molecule has 0 radical (unpaired) electrons. The van der Waals surface area contributed by atoms with Crippen LogP contribution in [-0.4, -0.2) is 25.0 Å². The molecule has 0 bridgehead atoms. The van der Waals surface area contributed by atoms with Crippen molar-refractivity contribution >= 4 is 187 Å². The van der Waals surface area contributed by atoms with Crippen molar-refractivity contribution in [3.63, 3.8) is 0 Å². The number of anilines is 6. The lowest BCUT2D eigenvalue weighted by Gasteiger charge is -2.35. The maximum Gasteiger partial charge on any atom is 0.252 e. The summed E-state index contributed by atoms with van der Waals surface area (Å²) in [6.45, 7) is -0.284. The molecule has 0 atom stereocenters. The van der Waals surface area contributed by atoms with E-state index in [1.807, 2.05) is 0 Å². The van der Waals surface area contributed by atoms with Gasteiger partial charge >= 0.3 is 0 Å². The van der Waals surface area contributed by atoms with Gasteiger partial charge in [0.15, 0.2) is 0 Å². The van der Waals surface area contributed by atoms with Crippen molar-refractivity contribution in [1.82, 2.24) is 18.3 Å². The molecule has 0 saturated carbocycles. The first-order chi connectivity index (χ1) is 54.0. The minimum absolute atomic E-state index is 0.284. The Morgan fingerprint density at radius 2 is 0.725 bits per heavy atom. The van der Waals surface area contributed by atoms with E-state index < -0.39 is 0 Å². The molecule has 506 valence electrons. The van der Waals surface area contributed by atoms with Gasteiger partial charge in [0, 0.05) is 137 Å². The summed E-state index contributed by atoms with van der Waals surface area (Å²) in [4.78, 5) is 4.90. The molecule has 0 saturated heterocycles. The summed E-state index contributed by atoms with van der Waals surface area (Å²) in [6, 6.07) is 133. The summed E-state index contributed by atoms with van der Waals surface area (Å²) in [6.07, 6.45) is 2.35. The third-order valence-corrected chi connectivity index (χ3v) is 24.4. The van der Waals surface area contributed by atoms with Crippen LogP contribution in [0.2, 0.25) is 0 Å². The summed E-state index contributed by atoms with van der Waals surface area (Å²) in [5, 5.41) is 22.4. The van der Waals surface area contributed by atoms with E-state index in [4.69, 9.17) is 0 Å². The summed E-state index contributed by atoms with van der Waals surface area (Å²) in [7, 11) is 4.41. The maximum atomic E-state index is 2.75. The first kappa shape index (κ1) is 60.2. The molecule has 0 N–H and O–H groups in total. The Labute approximate surface area is 628 Å². The SMILES string of the molecule is Cn1cc(-c2ccc(-c3cc4ccccc4n3C)cc2-c2cc3c4c(c2)-n2c5ccc6c7ccccc7c7ccccc7c6c5c5c6c7ccccc7c7ccccc7c6cc(c52)B4c2cc(N(c4ccccc4)c4ccccc4)cc4c5cc(N(c6ccccc6)c6ccccc6)ccc5n-3c24)c2ccccc21. The Hall–Kier alpha value is -14.1. The smallest absolute Gasteiger partial charge is 0.252 e. The zero-order valence-corrected chi connectivity index (χ0v) is 59.8. The van der Waals surface area contributed by atoms with Gasteiger partial charge in [0.05, 0.1) is 16.6 Å². The Morgan fingerprint density at radius 1 is 0.257 bits per heavy atom. The number of hydrogen-bond donors (Lipinski definition) is 0. The highest BCUT2D eigenvalue weighted by atomic mass is 15.2. The number of hydrogen-bond acceptors (Lipinski definition) is 2. The zero-order valence-electron chi connectivity index (χ0n) is 59.8. The van der Waals surface area contributed by atoms with Gasteiger partial charge in [-0.25, -0.2) is 0 Å². The second-order valence-corrected chi connectivity index (χ2v) is 29.9. The van der Waals surface area contributed by atoms with Crippen LogP contribution < -0.4 is 26.2 Å². The zero-order chi connectivity index (χ0) is 71.4. The van der Waals surface area contributed by atoms with Crippen LogP contribution in [0.4, 0.5) is 34.1 Å². The largest absolute Gasteiger partial charge is 0.350 e. The summed E-state index contributed by atoms with van der Waals surface area (Å²) >= 11 is 0. The van der Waals surface area contributed by atoms with E-state index in [1.54, 1.807) is 0 Å². The third-order valence-electron chi connectivity index (χ3n) is 24.4. The second kappa shape index (κ2) is 22.7. The molecular formula is C102H65BN6. The molecule has 4 aromatic heterocycles. The molecule has 6 heterocycles. The van der Waals surface area contributed by atoms with Crippen LogP contribution in [0.15, 0.2) is 358 Å². The van der Waals surface area contributed by atoms with Gasteiger partial charge in [-0.15, -0.1) is 0 Å². The van der Waals surface area contributed by atoms with Gasteiger partial charge in [-0.05, 0) is 214 Å². The topological polar surface area (TPSA) is 26.2 Å². The average Bonchev–Trinajstić information content (AvgIpc) is 0.791. The van der Waals surface area contributed by atoms with Gasteiger partial charge in [-0.1, -0.05) is 231 Å². The predicted molar refractivity (Wildman–Crippen MR) is 463 cm³/mol. The van der Waals surface area contributed by atoms with Crippen LogP contribution in [0.3, 0.4) is 0 Å². The number of benzene rings is 18. The molecule has 6 nitrogen and oxygen atoms in total. The van der Waals surface area contributed by atoms with Crippen LogP contribution in [0.1, 0.15) is 0 Å². The van der Waals surface area contributed by atoms with Crippen molar-refractivity contribution in [2.75, 3.05) is 9.80 Å². The maximum absolute atomic E-state index is 2.75. The molecule has 0 unspecified atom stereocenters. The van der Waals surface area contributed by atoms with Gasteiger partial charge in [0.1, 0.15) is 0 Å². The quantitative estimate of drug-likeness (QED) is 0.106. The molecule has 22 aromatic rings. The van der Waals surface area contributed by atoms with E-state index in [1.165, 1.54) is 152 Å². The lowest BCUT2D eigenvalue weighted by atomic mass is 9.34. The molecular weight excluding hydrogens is 1320 g/mol. The highest BCUT2D eigenvalue weighted by Crippen LogP contribution is 2.53. The summed E-state index contributed by atoms with van der Waals surface area (Å²) in [5.74, 6) is 0. The van der Waals surface area contributed by atoms with Crippen molar-refractivity contribution in [1.29, 1.82) is 0 Å². The van der Waals surface area contributed by atoms with E-state index in [-0.39, 0.29) is 6.71 Å². The summed E-state index contributed by atoms with van der Waals surface area (Å²) < 4.78 is 10.1. The molecule has 18 aromatic carbocycles. The Bertz CT molecular complexity index is 7580. The van der Waals surface area contributed by atoms with E-state index in [0.29, 0.717) is 0 Å². The van der Waals surface area contributed by atoms with Crippen molar-refractivity contribution < 1.29 is 0 Å². The second-order valence-electron chi connectivity index (χ2n) is 29.9. The third kappa shape index (κ3) is 8.41. The lowest BCUT2D eigenvalue weighted by molar-refractivity contribution is 0.970. The molecule has 0 aliphatic carbocycles. The van der Waals surface area contributed by atoms with Crippen molar-refractivity contribution in [3.05, 3.63) is 358 Å². The first-order valence-corrected chi connectivity index (χ1v) is 37.9. The van der Waals surface area contributed by atoms with E-state index in [0.717, 1.165) is 73.1 Å². The van der Waals surface area contributed by atoms with Crippen molar-refractivity contribution in [2.24, 2.45) is 14.1 Å². The van der Waals surface area contributed by atoms with Gasteiger partial charge in [-0.3, -0.25) is 0 Å². The van der Waals surface area contributed by atoms with E-state index >= 15 is 0 Å². The minimum atomic E-state index is -0.284. The number of aryl methyl sites for hydroxylation is 2. The molecule has 7 heteroatoms. The van der Waals surface area contributed by atoms with Crippen LogP contribution in [-0.2, 0) is 14.1 Å². The molecule has 109 heavy (non-hydrogen) atoms. The number of rotatable bonds is 9. The highest BCUT2D eigenvalue weighted by molar-refractivity contribution is 7.00. The lowest BCUT2D eigenvalue weighted by Crippen LogP contribution is -2.59. The van der Waals surface area contributed by atoms with Gasteiger partial charge in [0.25, 0.3) is 6.71 Å². The normalized spacial score (nSPS) is 12.5. The fraction of sp³-hybridized carbons (Fsp3) is 0.0196. The van der Waals surface area contributed by atoms with Crippen LogP contribution in [0, 0.1) is 0 Å². The molecule has 2 aliphatic heterocycles. The van der Waals surface area contributed by atoms with Crippen molar-refractivity contribution in [2.45, 2.75) is 0 Å². The van der Waals surface area contributed by atoms with Gasteiger partial charge in [-0.2, -0.15) is 0 Å². The average molecular weight is 1390 g/mol. The van der Waals surface area contributed by atoms with Crippen LogP contribution in [0.25, 0.3) is 175 Å². The molecule has 0 spiro atoms.